The standard InChI is InChI=1S/C14H17N5O/c15-7-6-12-2-4-13(5-3-12)16-10-14-11-19(18-17-14)8-1-9-20/h2-5,11,16,20H,1,6,8-10H2. The van der Waals surface area contributed by atoms with Crippen molar-refractivity contribution in [3.05, 3.63) is 41.7 Å². The molecule has 0 amide bonds. The van der Waals surface area contributed by atoms with E-state index in [9.17, 15) is 0 Å². The zero-order valence-electron chi connectivity index (χ0n) is 11.2. The van der Waals surface area contributed by atoms with E-state index in [4.69, 9.17) is 10.4 Å². The van der Waals surface area contributed by atoms with E-state index < -0.39 is 0 Å². The Morgan fingerprint density at radius 3 is 2.80 bits per heavy atom. The molecule has 6 nitrogen and oxygen atoms in total. The Morgan fingerprint density at radius 1 is 1.30 bits per heavy atom. The van der Waals surface area contributed by atoms with Gasteiger partial charge in [-0.05, 0) is 24.1 Å². The highest BCUT2D eigenvalue weighted by atomic mass is 16.3. The van der Waals surface area contributed by atoms with Crippen LogP contribution in [0.2, 0.25) is 0 Å². The summed E-state index contributed by atoms with van der Waals surface area (Å²) < 4.78 is 1.73. The van der Waals surface area contributed by atoms with Crippen LogP contribution >= 0.6 is 0 Å². The van der Waals surface area contributed by atoms with Gasteiger partial charge in [-0.1, -0.05) is 17.3 Å². The first kappa shape index (κ1) is 14.0. The lowest BCUT2D eigenvalue weighted by atomic mass is 10.1. The summed E-state index contributed by atoms with van der Waals surface area (Å²) in [4.78, 5) is 0. The summed E-state index contributed by atoms with van der Waals surface area (Å²) in [7, 11) is 0. The van der Waals surface area contributed by atoms with Gasteiger partial charge in [0, 0.05) is 18.8 Å². The Labute approximate surface area is 117 Å². The summed E-state index contributed by atoms with van der Waals surface area (Å²) in [5, 5.41) is 28.7. The predicted octanol–water partition coefficient (Wildman–Crippen LogP) is 1.34. The number of nitrogens with one attached hydrogen (secondary N) is 1. The molecule has 0 saturated heterocycles. The molecule has 1 heterocycles. The molecule has 0 bridgehead atoms. The molecular formula is C14H17N5O. The van der Waals surface area contributed by atoms with Crippen molar-refractivity contribution >= 4 is 5.69 Å². The van der Waals surface area contributed by atoms with E-state index in [0.29, 0.717) is 25.9 Å². The number of hydrogen-bond acceptors (Lipinski definition) is 5. The maximum atomic E-state index is 8.75. The SMILES string of the molecule is N#CCc1ccc(NCc2cn(CCCO)nn2)cc1. The average molecular weight is 271 g/mol. The smallest absolute Gasteiger partial charge is 0.102 e. The van der Waals surface area contributed by atoms with Crippen LogP contribution in [0.4, 0.5) is 5.69 Å². The summed E-state index contributed by atoms with van der Waals surface area (Å²) in [5.74, 6) is 0. The lowest BCUT2D eigenvalue weighted by molar-refractivity contribution is 0.276. The van der Waals surface area contributed by atoms with Crippen molar-refractivity contribution in [2.45, 2.75) is 25.9 Å². The highest BCUT2D eigenvalue weighted by Gasteiger charge is 2.01. The third-order valence-electron chi connectivity index (χ3n) is 2.84. The second kappa shape index (κ2) is 7.26. The fourth-order valence-corrected chi connectivity index (χ4v) is 1.79. The van der Waals surface area contributed by atoms with Gasteiger partial charge in [0.05, 0.1) is 25.2 Å². The van der Waals surface area contributed by atoms with Gasteiger partial charge < -0.3 is 10.4 Å². The second-order valence-corrected chi connectivity index (χ2v) is 4.44. The Kier molecular flexibility index (Phi) is 5.09. The highest BCUT2D eigenvalue weighted by Crippen LogP contribution is 2.10. The van der Waals surface area contributed by atoms with Crippen LogP contribution in [0.5, 0.6) is 0 Å². The maximum absolute atomic E-state index is 8.75. The molecule has 20 heavy (non-hydrogen) atoms. The second-order valence-electron chi connectivity index (χ2n) is 4.44. The summed E-state index contributed by atoms with van der Waals surface area (Å²) >= 11 is 0. The molecule has 0 atom stereocenters. The number of nitriles is 1. The molecule has 0 fully saturated rings. The van der Waals surface area contributed by atoms with Crippen molar-refractivity contribution in [1.82, 2.24) is 15.0 Å². The van der Waals surface area contributed by atoms with Gasteiger partial charge in [-0.25, -0.2) is 0 Å². The number of aliphatic hydroxyl groups is 1. The fraction of sp³-hybridized carbons (Fsp3) is 0.357. The quantitative estimate of drug-likeness (QED) is 0.793. The number of aromatic nitrogens is 3. The third-order valence-corrected chi connectivity index (χ3v) is 2.84. The van der Waals surface area contributed by atoms with Crippen LogP contribution in [0.1, 0.15) is 17.7 Å². The van der Waals surface area contributed by atoms with E-state index in [1.807, 2.05) is 30.5 Å². The predicted molar refractivity (Wildman–Crippen MR) is 74.8 cm³/mol. The van der Waals surface area contributed by atoms with Gasteiger partial charge in [-0.3, -0.25) is 4.68 Å². The normalized spacial score (nSPS) is 10.2. The molecule has 2 rings (SSSR count). The minimum atomic E-state index is 0.155. The molecule has 0 spiro atoms. The molecule has 0 unspecified atom stereocenters. The fourth-order valence-electron chi connectivity index (χ4n) is 1.79. The first-order valence-electron chi connectivity index (χ1n) is 6.51. The van der Waals surface area contributed by atoms with Crippen LogP contribution < -0.4 is 5.32 Å². The number of aliphatic hydroxyl groups excluding tert-OH is 1. The van der Waals surface area contributed by atoms with Crippen molar-refractivity contribution in [3.63, 3.8) is 0 Å². The lowest BCUT2D eigenvalue weighted by Gasteiger charge is -2.04. The van der Waals surface area contributed by atoms with Crippen LogP contribution in [0, 0.1) is 11.3 Å². The third kappa shape index (κ3) is 4.07. The van der Waals surface area contributed by atoms with Crippen LogP contribution in [-0.4, -0.2) is 26.7 Å². The van der Waals surface area contributed by atoms with Gasteiger partial charge in [0.15, 0.2) is 0 Å². The molecule has 0 aliphatic rings. The topological polar surface area (TPSA) is 86.8 Å². The van der Waals surface area contributed by atoms with Crippen molar-refractivity contribution in [3.8, 4) is 6.07 Å². The van der Waals surface area contributed by atoms with Crippen molar-refractivity contribution < 1.29 is 5.11 Å². The van der Waals surface area contributed by atoms with Crippen molar-refractivity contribution in [1.29, 1.82) is 5.26 Å². The van der Waals surface area contributed by atoms with Gasteiger partial charge in [0.1, 0.15) is 5.69 Å². The molecule has 104 valence electrons. The van der Waals surface area contributed by atoms with E-state index in [1.165, 1.54) is 0 Å². The molecular weight excluding hydrogens is 254 g/mol. The number of anilines is 1. The number of hydrogen-bond donors (Lipinski definition) is 2. The van der Waals surface area contributed by atoms with E-state index >= 15 is 0 Å². The zero-order chi connectivity index (χ0) is 14.2. The van der Waals surface area contributed by atoms with Gasteiger partial charge in [0.25, 0.3) is 0 Å². The number of nitrogens with zero attached hydrogens (tertiary/aromatic N) is 4. The van der Waals surface area contributed by atoms with E-state index in [1.54, 1.807) is 4.68 Å². The molecule has 2 N–H and O–H groups in total. The Bertz CT molecular complexity index is 570. The summed E-state index contributed by atoms with van der Waals surface area (Å²) in [6, 6.07) is 9.88. The summed E-state index contributed by atoms with van der Waals surface area (Å²) in [6.07, 6.45) is 2.97. The van der Waals surface area contributed by atoms with Gasteiger partial charge in [-0.2, -0.15) is 5.26 Å². The molecule has 2 aromatic rings. The largest absolute Gasteiger partial charge is 0.396 e. The number of rotatable bonds is 7. The van der Waals surface area contributed by atoms with Crippen LogP contribution in [0.25, 0.3) is 0 Å². The Balaban J connectivity index is 1.85. The van der Waals surface area contributed by atoms with Crippen molar-refractivity contribution in [2.75, 3.05) is 11.9 Å². The van der Waals surface area contributed by atoms with Gasteiger partial charge >= 0.3 is 0 Å². The maximum Gasteiger partial charge on any atom is 0.102 e. The molecule has 6 heteroatoms. The molecule has 1 aromatic carbocycles. The van der Waals surface area contributed by atoms with Gasteiger partial charge in [-0.15, -0.1) is 5.10 Å². The minimum absolute atomic E-state index is 0.155. The highest BCUT2D eigenvalue weighted by molar-refractivity contribution is 5.45. The number of benzene rings is 1. The zero-order valence-corrected chi connectivity index (χ0v) is 11.2. The van der Waals surface area contributed by atoms with Crippen LogP contribution in [0.3, 0.4) is 0 Å². The van der Waals surface area contributed by atoms with E-state index in [-0.39, 0.29) is 6.61 Å². The molecule has 0 aliphatic heterocycles. The molecule has 0 aliphatic carbocycles. The van der Waals surface area contributed by atoms with E-state index in [2.05, 4.69) is 21.7 Å². The van der Waals surface area contributed by atoms with Gasteiger partial charge in [0.2, 0.25) is 0 Å². The average Bonchev–Trinajstić information content (AvgIpc) is 2.93. The van der Waals surface area contributed by atoms with E-state index in [0.717, 1.165) is 16.9 Å². The van der Waals surface area contributed by atoms with Crippen LogP contribution in [0.15, 0.2) is 30.5 Å². The molecule has 1 aromatic heterocycles. The molecule has 0 saturated carbocycles. The lowest BCUT2D eigenvalue weighted by Crippen LogP contribution is -2.01. The first-order chi connectivity index (χ1) is 9.81. The summed E-state index contributed by atoms with van der Waals surface area (Å²) in [5.41, 5.74) is 2.84. The monoisotopic (exact) mass is 271 g/mol. The van der Waals surface area contributed by atoms with Crippen molar-refractivity contribution in [2.24, 2.45) is 0 Å². The number of aryl methyl sites for hydroxylation is 1. The Morgan fingerprint density at radius 2 is 2.10 bits per heavy atom. The molecule has 0 radical (unpaired) electrons. The summed E-state index contributed by atoms with van der Waals surface area (Å²) in [6.45, 7) is 1.42. The minimum Gasteiger partial charge on any atom is -0.396 e. The Hall–Kier alpha value is -2.39. The van der Waals surface area contributed by atoms with Crippen LogP contribution in [-0.2, 0) is 19.5 Å². The first-order valence-corrected chi connectivity index (χ1v) is 6.51.